The van der Waals surface area contributed by atoms with Crippen molar-refractivity contribution in [2.24, 2.45) is 0 Å². The number of nitrogens with one attached hydrogen (secondary N) is 1. The molecule has 0 aliphatic carbocycles. The van der Waals surface area contributed by atoms with Gasteiger partial charge in [-0.25, -0.2) is 0 Å². The normalized spacial score (nSPS) is 15.4. The van der Waals surface area contributed by atoms with Crippen LogP contribution in [0.3, 0.4) is 0 Å². The highest BCUT2D eigenvalue weighted by molar-refractivity contribution is 6.00. The lowest BCUT2D eigenvalue weighted by Crippen LogP contribution is -2.30. The van der Waals surface area contributed by atoms with E-state index in [-0.39, 0.29) is 11.9 Å². The number of nitrogens with zero attached hydrogens (tertiary/aromatic N) is 2. The Morgan fingerprint density at radius 1 is 1.07 bits per heavy atom. The van der Waals surface area contributed by atoms with Crippen LogP contribution in [-0.2, 0) is 0 Å². The Morgan fingerprint density at radius 2 is 1.87 bits per heavy atom. The first-order valence-corrected chi connectivity index (χ1v) is 10.4. The summed E-state index contributed by atoms with van der Waals surface area (Å²) in [5, 5.41) is 7.49. The van der Waals surface area contributed by atoms with Crippen LogP contribution < -0.4 is 9.47 Å². The van der Waals surface area contributed by atoms with E-state index in [0.717, 1.165) is 35.2 Å². The van der Waals surface area contributed by atoms with Crippen molar-refractivity contribution in [2.75, 3.05) is 20.3 Å². The highest BCUT2D eigenvalue weighted by Crippen LogP contribution is 2.44. The van der Waals surface area contributed by atoms with Gasteiger partial charge < -0.3 is 14.4 Å². The standard InChI is InChI=1S/C24H27N3O3/c1-4-13-27-23(17-11-12-18(30-14-5-2)19(15-17)29-3)20-21(16-9-7-6-8-10-16)25-26-22(20)24(27)28/h6-12,15,23H,4-5,13-14H2,1-3H3,(H,25,26). The van der Waals surface area contributed by atoms with Crippen LogP contribution >= 0.6 is 0 Å². The van der Waals surface area contributed by atoms with Gasteiger partial charge in [-0.3, -0.25) is 9.89 Å². The van der Waals surface area contributed by atoms with E-state index >= 15 is 0 Å². The second kappa shape index (κ2) is 8.61. The zero-order chi connectivity index (χ0) is 21.1. The molecule has 0 bridgehead atoms. The van der Waals surface area contributed by atoms with Gasteiger partial charge in [0.15, 0.2) is 11.5 Å². The van der Waals surface area contributed by atoms with Crippen LogP contribution in [-0.4, -0.2) is 41.3 Å². The van der Waals surface area contributed by atoms with Gasteiger partial charge in [-0.15, -0.1) is 0 Å². The number of carbonyl (C=O) groups excluding carboxylic acids is 1. The van der Waals surface area contributed by atoms with Crippen molar-refractivity contribution in [3.63, 3.8) is 0 Å². The van der Waals surface area contributed by atoms with Crippen molar-refractivity contribution < 1.29 is 14.3 Å². The van der Waals surface area contributed by atoms with E-state index in [2.05, 4.69) is 24.0 Å². The number of aromatic amines is 1. The quantitative estimate of drug-likeness (QED) is 0.583. The zero-order valence-electron chi connectivity index (χ0n) is 17.6. The Labute approximate surface area is 176 Å². The van der Waals surface area contributed by atoms with E-state index in [1.807, 2.05) is 53.4 Å². The summed E-state index contributed by atoms with van der Waals surface area (Å²) in [6, 6.07) is 15.7. The number of hydrogen-bond acceptors (Lipinski definition) is 4. The number of aromatic nitrogens is 2. The summed E-state index contributed by atoms with van der Waals surface area (Å²) in [6.45, 7) is 5.44. The van der Waals surface area contributed by atoms with E-state index in [1.54, 1.807) is 7.11 Å². The predicted molar refractivity (Wildman–Crippen MR) is 116 cm³/mol. The molecule has 2 heterocycles. The molecule has 0 saturated heterocycles. The second-order valence-electron chi connectivity index (χ2n) is 7.39. The third-order valence-corrected chi connectivity index (χ3v) is 5.34. The van der Waals surface area contributed by atoms with Crippen molar-refractivity contribution >= 4 is 5.91 Å². The maximum absolute atomic E-state index is 13.2. The monoisotopic (exact) mass is 405 g/mol. The van der Waals surface area contributed by atoms with Gasteiger partial charge in [-0.1, -0.05) is 50.2 Å². The van der Waals surface area contributed by atoms with Crippen molar-refractivity contribution in [1.29, 1.82) is 0 Å². The van der Waals surface area contributed by atoms with Crippen molar-refractivity contribution in [2.45, 2.75) is 32.7 Å². The summed E-state index contributed by atoms with van der Waals surface area (Å²) in [6.07, 6.45) is 1.79. The van der Waals surface area contributed by atoms with E-state index in [4.69, 9.17) is 9.47 Å². The third-order valence-electron chi connectivity index (χ3n) is 5.34. The molecule has 4 rings (SSSR count). The molecule has 1 aliphatic heterocycles. The van der Waals surface area contributed by atoms with Gasteiger partial charge in [0, 0.05) is 17.7 Å². The molecule has 156 valence electrons. The Kier molecular flexibility index (Phi) is 5.74. The highest BCUT2D eigenvalue weighted by Gasteiger charge is 2.41. The molecule has 2 aromatic carbocycles. The Hall–Kier alpha value is -3.28. The topological polar surface area (TPSA) is 67.5 Å². The Morgan fingerprint density at radius 3 is 2.57 bits per heavy atom. The number of benzene rings is 2. The Balaban J connectivity index is 1.82. The molecule has 6 nitrogen and oxygen atoms in total. The van der Waals surface area contributed by atoms with Gasteiger partial charge in [0.25, 0.3) is 5.91 Å². The molecule has 0 saturated carbocycles. The summed E-state index contributed by atoms with van der Waals surface area (Å²) in [4.78, 5) is 15.1. The summed E-state index contributed by atoms with van der Waals surface area (Å²) in [5.41, 5.74) is 4.27. The molecule has 0 radical (unpaired) electrons. The summed E-state index contributed by atoms with van der Waals surface area (Å²) < 4.78 is 11.4. The molecule has 1 aromatic heterocycles. The number of H-pyrrole nitrogens is 1. The summed E-state index contributed by atoms with van der Waals surface area (Å²) >= 11 is 0. The fourth-order valence-corrected chi connectivity index (χ4v) is 4.02. The molecule has 1 amide bonds. The zero-order valence-corrected chi connectivity index (χ0v) is 17.6. The molecule has 6 heteroatoms. The molecule has 3 aromatic rings. The van der Waals surface area contributed by atoms with Crippen LogP contribution in [0.4, 0.5) is 0 Å². The minimum absolute atomic E-state index is 0.0168. The summed E-state index contributed by atoms with van der Waals surface area (Å²) in [5.74, 6) is 1.37. The molecule has 30 heavy (non-hydrogen) atoms. The number of hydrogen-bond donors (Lipinski definition) is 1. The van der Waals surface area contributed by atoms with Crippen molar-refractivity contribution in [3.05, 3.63) is 65.4 Å². The molecular formula is C24H27N3O3. The SMILES string of the molecule is CCCOc1ccc(C2c3c(-c4ccccc4)n[nH]c3C(=O)N2CCC)cc1OC. The van der Waals surface area contributed by atoms with Crippen LogP contribution in [0.15, 0.2) is 48.5 Å². The number of carbonyl (C=O) groups is 1. The Bertz CT molecular complexity index is 1030. The van der Waals surface area contributed by atoms with Gasteiger partial charge in [0.2, 0.25) is 0 Å². The molecule has 1 unspecified atom stereocenters. The smallest absolute Gasteiger partial charge is 0.273 e. The third kappa shape index (κ3) is 3.43. The van der Waals surface area contributed by atoms with E-state index in [9.17, 15) is 4.79 Å². The maximum Gasteiger partial charge on any atom is 0.273 e. The average Bonchev–Trinajstić information content (AvgIpc) is 3.32. The first-order valence-electron chi connectivity index (χ1n) is 10.4. The number of methoxy groups -OCH3 is 1. The predicted octanol–water partition coefficient (Wildman–Crippen LogP) is 4.83. The summed E-state index contributed by atoms with van der Waals surface area (Å²) in [7, 11) is 1.64. The van der Waals surface area contributed by atoms with Gasteiger partial charge >= 0.3 is 0 Å². The molecule has 0 spiro atoms. The number of fused-ring (bicyclic) bond motifs is 1. The number of rotatable bonds is 8. The second-order valence-corrected chi connectivity index (χ2v) is 7.39. The fraction of sp³-hybridized carbons (Fsp3) is 0.333. The van der Waals surface area contributed by atoms with Crippen LogP contribution in [0.1, 0.15) is 54.3 Å². The van der Waals surface area contributed by atoms with E-state index in [1.165, 1.54) is 0 Å². The van der Waals surface area contributed by atoms with Gasteiger partial charge in [0.05, 0.1) is 25.5 Å². The first kappa shape index (κ1) is 20.0. The molecular weight excluding hydrogens is 378 g/mol. The molecule has 1 atom stereocenters. The van der Waals surface area contributed by atoms with Gasteiger partial charge in [0.1, 0.15) is 5.69 Å². The van der Waals surface area contributed by atoms with Crippen LogP contribution in [0.2, 0.25) is 0 Å². The first-order chi connectivity index (χ1) is 14.7. The van der Waals surface area contributed by atoms with Gasteiger partial charge in [-0.2, -0.15) is 5.10 Å². The lowest BCUT2D eigenvalue weighted by Gasteiger charge is -2.26. The average molecular weight is 405 g/mol. The van der Waals surface area contributed by atoms with E-state index < -0.39 is 0 Å². The lowest BCUT2D eigenvalue weighted by atomic mass is 9.95. The number of ether oxygens (including phenoxy) is 2. The largest absolute Gasteiger partial charge is 0.493 e. The van der Waals surface area contributed by atoms with Crippen molar-refractivity contribution in [1.82, 2.24) is 15.1 Å². The highest BCUT2D eigenvalue weighted by atomic mass is 16.5. The minimum atomic E-state index is -0.226. The minimum Gasteiger partial charge on any atom is -0.493 e. The van der Waals surface area contributed by atoms with Crippen LogP contribution in [0, 0.1) is 0 Å². The maximum atomic E-state index is 13.2. The molecule has 0 fully saturated rings. The van der Waals surface area contributed by atoms with Gasteiger partial charge in [-0.05, 0) is 30.5 Å². The van der Waals surface area contributed by atoms with Crippen LogP contribution in [0.25, 0.3) is 11.3 Å². The van der Waals surface area contributed by atoms with Crippen LogP contribution in [0.5, 0.6) is 11.5 Å². The molecule has 1 aliphatic rings. The van der Waals surface area contributed by atoms with E-state index in [0.29, 0.717) is 30.3 Å². The number of amides is 1. The fourth-order valence-electron chi connectivity index (χ4n) is 4.02. The lowest BCUT2D eigenvalue weighted by molar-refractivity contribution is 0.0743. The molecule has 1 N–H and O–H groups in total. The van der Waals surface area contributed by atoms with Crippen molar-refractivity contribution in [3.8, 4) is 22.8 Å².